The number of nitrogens with zero attached hydrogens (tertiary/aromatic N) is 1. The number of pyridine rings is 1. The molecule has 0 spiro atoms. The topological polar surface area (TPSA) is 22.1 Å². The maximum absolute atomic E-state index is 4.95. The molecule has 0 fully saturated rings. The molecule has 1 aromatic rings. The van der Waals surface area contributed by atoms with E-state index < -0.39 is 0 Å². The van der Waals surface area contributed by atoms with Crippen LogP contribution in [0, 0.1) is 0 Å². The Morgan fingerprint density at radius 2 is 2.44 bits per heavy atom. The molecule has 0 aliphatic rings. The van der Waals surface area contributed by atoms with E-state index in [4.69, 9.17) is 4.74 Å². The Balaban J connectivity index is 3.01. The zero-order valence-corrected chi connectivity index (χ0v) is 6.27. The second-order valence-electron chi connectivity index (χ2n) is 1.51. The van der Waals surface area contributed by atoms with E-state index in [1.54, 1.807) is 13.3 Å². The number of hydrogen-bond acceptors (Lipinski definition) is 2. The first-order chi connectivity index (χ1) is 4.34. The molecule has 9 heavy (non-hydrogen) atoms. The van der Waals surface area contributed by atoms with Crippen molar-refractivity contribution in [2.45, 2.75) is 0 Å². The number of ether oxygens (including phenoxy) is 1. The van der Waals surface area contributed by atoms with E-state index in [0.29, 0.717) is 0 Å². The van der Waals surface area contributed by atoms with Crippen LogP contribution in [0.4, 0.5) is 0 Å². The van der Waals surface area contributed by atoms with Crippen molar-refractivity contribution < 1.29 is 21.0 Å². The molecule has 0 atom stereocenters. The molecule has 0 amide bonds. The molecule has 0 aliphatic heterocycles. The Hall–Kier alpha value is -0.518. The summed E-state index contributed by atoms with van der Waals surface area (Å²) in [7, 11) is 1.62. The van der Waals surface area contributed by atoms with Crippen LogP contribution < -0.4 is 9.29 Å². The van der Waals surface area contributed by atoms with Gasteiger partial charge in [0, 0.05) is 0 Å². The van der Waals surface area contributed by atoms with Crippen LogP contribution in [-0.2, 0) is 16.3 Å². The fourth-order valence-electron chi connectivity index (χ4n) is 0.531. The molecule has 0 aromatic carbocycles. The third kappa shape index (κ3) is 1.44. The van der Waals surface area contributed by atoms with Crippen LogP contribution in [0.2, 0.25) is 0 Å². The van der Waals surface area contributed by atoms with Crippen molar-refractivity contribution in [3.05, 3.63) is 18.3 Å². The van der Waals surface area contributed by atoms with Crippen molar-refractivity contribution in [2.75, 3.05) is 7.11 Å². The Morgan fingerprint density at radius 1 is 1.67 bits per heavy atom. The van der Waals surface area contributed by atoms with Crippen molar-refractivity contribution in [3.8, 4) is 5.75 Å². The predicted molar refractivity (Wildman–Crippen MR) is 30.4 cm³/mol. The van der Waals surface area contributed by atoms with Gasteiger partial charge in [0.1, 0.15) is 0 Å². The third-order valence-electron chi connectivity index (χ3n) is 0.956. The Bertz CT molecular complexity index is 202. The Morgan fingerprint density at radius 3 is 2.89 bits per heavy atom. The van der Waals surface area contributed by atoms with Crippen LogP contribution in [0.3, 0.4) is 0 Å². The monoisotopic (exact) mass is 160 g/mol. The van der Waals surface area contributed by atoms with E-state index in [1.807, 2.05) is 12.1 Å². The van der Waals surface area contributed by atoms with Crippen LogP contribution in [0.5, 0.6) is 5.75 Å². The van der Waals surface area contributed by atoms with Gasteiger partial charge in [-0.3, -0.25) is 0 Å². The molecular formula is C6H6CrNO. The molecule has 0 N–H and O–H groups in total. The maximum atomic E-state index is 4.95. The van der Waals surface area contributed by atoms with Gasteiger partial charge in [0.15, 0.2) is 0 Å². The van der Waals surface area contributed by atoms with Crippen LogP contribution in [0.1, 0.15) is 0 Å². The van der Waals surface area contributed by atoms with Gasteiger partial charge in [-0.1, -0.05) is 0 Å². The molecule has 1 heterocycles. The van der Waals surface area contributed by atoms with Gasteiger partial charge in [0.2, 0.25) is 0 Å². The Kier molecular flexibility index (Phi) is 2.10. The van der Waals surface area contributed by atoms with Crippen molar-refractivity contribution in [1.29, 1.82) is 0 Å². The molecular weight excluding hydrogens is 154 g/mol. The first kappa shape index (κ1) is 6.60. The molecule has 0 radical (unpaired) electrons. The Labute approximate surface area is 62.3 Å². The quantitative estimate of drug-likeness (QED) is 0.588. The van der Waals surface area contributed by atoms with Crippen molar-refractivity contribution in [1.82, 2.24) is 4.98 Å². The van der Waals surface area contributed by atoms with Crippen molar-refractivity contribution in [3.63, 3.8) is 0 Å². The molecule has 1 aromatic heterocycles. The average molecular weight is 160 g/mol. The number of aromatic nitrogens is 1. The summed E-state index contributed by atoms with van der Waals surface area (Å²) in [6.07, 6.45) is 1.72. The first-order valence-corrected chi connectivity index (χ1v) is 3.14. The fourth-order valence-corrected chi connectivity index (χ4v) is 0.863. The molecule has 0 saturated carbocycles. The summed E-state index contributed by atoms with van der Waals surface area (Å²) < 4.78 is 5.76. The van der Waals surface area contributed by atoms with Crippen LogP contribution in [-0.4, -0.2) is 12.1 Å². The van der Waals surface area contributed by atoms with E-state index in [2.05, 4.69) is 21.3 Å². The van der Waals surface area contributed by atoms with Crippen molar-refractivity contribution >= 4 is 4.56 Å². The molecule has 3 heteroatoms. The molecule has 0 saturated heterocycles. The van der Waals surface area contributed by atoms with Gasteiger partial charge in [-0.15, -0.1) is 0 Å². The van der Waals surface area contributed by atoms with Gasteiger partial charge in [0.25, 0.3) is 0 Å². The summed E-state index contributed by atoms with van der Waals surface area (Å²) in [6.45, 7) is 0. The summed E-state index contributed by atoms with van der Waals surface area (Å²) in [5.41, 5.74) is 0. The normalized spacial score (nSPS) is 9.00. The zero-order chi connectivity index (χ0) is 6.69. The first-order valence-electron chi connectivity index (χ1n) is 2.50. The SMILES string of the molecule is COc1cccn[c]1[Cr]. The van der Waals surface area contributed by atoms with Gasteiger partial charge in [-0.05, 0) is 0 Å². The standard InChI is InChI=1S/C6H6NO.Cr/c1-8-6-3-2-4-7-5-6;/h2-4H,1H3;. The summed E-state index contributed by atoms with van der Waals surface area (Å²) in [5.74, 6) is 0.789. The summed E-state index contributed by atoms with van der Waals surface area (Å²) in [6, 6.07) is 3.69. The van der Waals surface area contributed by atoms with Crippen molar-refractivity contribution in [2.24, 2.45) is 0 Å². The second-order valence-corrected chi connectivity index (χ2v) is 2.11. The molecule has 2 nitrogen and oxygen atoms in total. The average Bonchev–Trinajstić information content (AvgIpc) is 1.89. The number of methoxy groups -OCH3 is 1. The van der Waals surface area contributed by atoms with E-state index in [9.17, 15) is 0 Å². The third-order valence-corrected chi connectivity index (χ3v) is 1.43. The van der Waals surface area contributed by atoms with Gasteiger partial charge in [0.05, 0.1) is 0 Å². The van der Waals surface area contributed by atoms with Gasteiger partial charge < -0.3 is 0 Å². The van der Waals surface area contributed by atoms with E-state index in [0.717, 1.165) is 10.3 Å². The van der Waals surface area contributed by atoms with E-state index >= 15 is 0 Å². The molecule has 1 rings (SSSR count). The molecule has 0 unspecified atom stereocenters. The van der Waals surface area contributed by atoms with Gasteiger partial charge >= 0.3 is 61.8 Å². The summed E-state index contributed by atoms with van der Waals surface area (Å²) in [5, 5.41) is 0. The minimum atomic E-state index is 0.789. The molecule has 0 aliphatic carbocycles. The van der Waals surface area contributed by atoms with E-state index in [1.165, 1.54) is 0 Å². The van der Waals surface area contributed by atoms with E-state index in [-0.39, 0.29) is 0 Å². The summed E-state index contributed by atoms with van der Waals surface area (Å²) >= 11 is 2.79. The zero-order valence-electron chi connectivity index (χ0n) is 5.00. The number of hydrogen-bond donors (Lipinski definition) is 0. The minimum absolute atomic E-state index is 0.789. The van der Waals surface area contributed by atoms with Crippen LogP contribution in [0.15, 0.2) is 18.3 Å². The molecule has 0 bridgehead atoms. The van der Waals surface area contributed by atoms with Gasteiger partial charge in [-0.25, -0.2) is 0 Å². The second kappa shape index (κ2) is 2.86. The van der Waals surface area contributed by atoms with Crippen LogP contribution >= 0.6 is 0 Å². The van der Waals surface area contributed by atoms with Gasteiger partial charge in [-0.2, -0.15) is 0 Å². The number of rotatable bonds is 1. The fraction of sp³-hybridized carbons (Fsp3) is 0.167. The summed E-state index contributed by atoms with van der Waals surface area (Å²) in [4.78, 5) is 3.97. The van der Waals surface area contributed by atoms with Crippen LogP contribution in [0.25, 0.3) is 0 Å². The molecule has 47 valence electrons. The predicted octanol–water partition coefficient (Wildman–Crippen LogP) is 0.262.